The first kappa shape index (κ1) is 24.9. The van der Waals surface area contributed by atoms with Crippen molar-refractivity contribution in [3.8, 4) is 11.5 Å². The molecule has 2 rings (SSSR count). The molecule has 2 aromatic rings. The highest BCUT2D eigenvalue weighted by Gasteiger charge is 2.14. The normalized spacial score (nSPS) is 11.2. The van der Waals surface area contributed by atoms with Crippen molar-refractivity contribution in [2.75, 3.05) is 32.8 Å². The lowest BCUT2D eigenvalue weighted by Crippen LogP contribution is -2.27. The largest absolute Gasteiger partial charge is 0.490 e. The molecule has 4 nitrogen and oxygen atoms in total. The van der Waals surface area contributed by atoms with Crippen molar-refractivity contribution < 1.29 is 13.9 Å². The monoisotopic (exact) mass is 500 g/mol. The highest BCUT2D eigenvalue weighted by Crippen LogP contribution is 2.35. The Morgan fingerprint density at radius 3 is 2.50 bits per heavy atom. The van der Waals surface area contributed by atoms with E-state index in [1.165, 1.54) is 6.07 Å². The molecule has 0 atom stereocenters. The van der Waals surface area contributed by atoms with E-state index in [2.05, 4.69) is 40.0 Å². The molecule has 2 aromatic carbocycles. The van der Waals surface area contributed by atoms with Crippen LogP contribution in [0.15, 0.2) is 34.8 Å². The average Bonchev–Trinajstić information content (AvgIpc) is 2.73. The summed E-state index contributed by atoms with van der Waals surface area (Å²) in [4.78, 5) is 2.42. The van der Waals surface area contributed by atoms with Gasteiger partial charge in [-0.25, -0.2) is 4.39 Å². The van der Waals surface area contributed by atoms with Gasteiger partial charge in [0, 0.05) is 16.6 Å². The van der Waals surface area contributed by atoms with Crippen molar-refractivity contribution in [3.05, 3.63) is 56.8 Å². The van der Waals surface area contributed by atoms with Gasteiger partial charge in [0.05, 0.1) is 11.6 Å². The molecule has 0 unspecified atom stereocenters. The summed E-state index contributed by atoms with van der Waals surface area (Å²) >= 11 is 9.72. The summed E-state index contributed by atoms with van der Waals surface area (Å²) in [6.07, 6.45) is 1.10. The minimum absolute atomic E-state index is 0.0287. The average molecular weight is 502 g/mol. The number of nitrogens with zero attached hydrogens (tertiary/aromatic N) is 1. The molecular weight excluding hydrogens is 471 g/mol. The maximum absolute atomic E-state index is 14.0. The SMILES string of the molecule is CCOc1cc(CNCCCN(CC)CC)c(Br)cc1OCc1c(F)cccc1Cl. The van der Waals surface area contributed by atoms with Crippen molar-refractivity contribution in [3.63, 3.8) is 0 Å². The number of halogens is 3. The zero-order valence-corrected chi connectivity index (χ0v) is 20.3. The van der Waals surface area contributed by atoms with Crippen LogP contribution in [0.4, 0.5) is 4.39 Å². The van der Waals surface area contributed by atoms with Crippen molar-refractivity contribution in [1.82, 2.24) is 10.2 Å². The second-order valence-corrected chi connectivity index (χ2v) is 8.13. The third kappa shape index (κ3) is 7.41. The summed E-state index contributed by atoms with van der Waals surface area (Å²) in [5.41, 5.74) is 1.41. The van der Waals surface area contributed by atoms with Gasteiger partial charge in [-0.05, 0) is 69.4 Å². The maximum Gasteiger partial charge on any atom is 0.162 e. The summed E-state index contributed by atoms with van der Waals surface area (Å²) in [5, 5.41) is 3.83. The Balaban J connectivity index is 2.00. The summed E-state index contributed by atoms with van der Waals surface area (Å²) in [6, 6.07) is 8.43. The number of rotatable bonds is 13. The van der Waals surface area contributed by atoms with Crippen LogP contribution >= 0.6 is 27.5 Å². The molecule has 0 aliphatic rings. The molecule has 166 valence electrons. The van der Waals surface area contributed by atoms with Crippen LogP contribution in [0, 0.1) is 5.82 Å². The Kier molecular flexibility index (Phi) is 10.9. The fourth-order valence-corrected chi connectivity index (χ4v) is 3.78. The van der Waals surface area contributed by atoms with Crippen LogP contribution in [-0.2, 0) is 13.2 Å². The van der Waals surface area contributed by atoms with E-state index in [0.29, 0.717) is 28.7 Å². The van der Waals surface area contributed by atoms with Gasteiger partial charge in [0.1, 0.15) is 12.4 Å². The molecule has 0 fully saturated rings. The van der Waals surface area contributed by atoms with E-state index in [0.717, 1.165) is 49.2 Å². The molecule has 0 saturated heterocycles. The molecule has 0 aliphatic heterocycles. The van der Waals surface area contributed by atoms with Gasteiger partial charge in [-0.15, -0.1) is 0 Å². The first-order chi connectivity index (χ1) is 14.5. The third-order valence-electron chi connectivity index (χ3n) is 4.88. The molecule has 7 heteroatoms. The van der Waals surface area contributed by atoms with Gasteiger partial charge in [-0.3, -0.25) is 0 Å². The highest BCUT2D eigenvalue weighted by molar-refractivity contribution is 9.10. The van der Waals surface area contributed by atoms with Crippen LogP contribution in [0.25, 0.3) is 0 Å². The molecule has 0 aromatic heterocycles. The smallest absolute Gasteiger partial charge is 0.162 e. The quantitative estimate of drug-likeness (QED) is 0.339. The number of hydrogen-bond donors (Lipinski definition) is 1. The van der Waals surface area contributed by atoms with E-state index >= 15 is 0 Å². The van der Waals surface area contributed by atoms with E-state index in [1.807, 2.05) is 19.1 Å². The van der Waals surface area contributed by atoms with Crippen LogP contribution in [0.2, 0.25) is 5.02 Å². The highest BCUT2D eigenvalue weighted by atomic mass is 79.9. The predicted molar refractivity (Wildman–Crippen MR) is 125 cm³/mol. The maximum atomic E-state index is 14.0. The molecule has 0 aliphatic carbocycles. The molecular formula is C23H31BrClFN2O2. The van der Waals surface area contributed by atoms with Gasteiger partial charge in [0.15, 0.2) is 11.5 Å². The minimum Gasteiger partial charge on any atom is -0.490 e. The summed E-state index contributed by atoms with van der Waals surface area (Å²) < 4.78 is 26.6. The number of ether oxygens (including phenoxy) is 2. The van der Waals surface area contributed by atoms with Crippen LogP contribution in [0.5, 0.6) is 11.5 Å². The summed E-state index contributed by atoms with van der Waals surface area (Å²) in [5.74, 6) is 0.798. The van der Waals surface area contributed by atoms with E-state index in [-0.39, 0.29) is 12.4 Å². The Bertz CT molecular complexity index is 783. The van der Waals surface area contributed by atoms with E-state index in [4.69, 9.17) is 21.1 Å². The van der Waals surface area contributed by atoms with E-state index in [1.54, 1.807) is 12.1 Å². The lowest BCUT2D eigenvalue weighted by molar-refractivity contribution is 0.265. The van der Waals surface area contributed by atoms with Gasteiger partial charge < -0.3 is 19.7 Å². The van der Waals surface area contributed by atoms with Gasteiger partial charge in [-0.1, -0.05) is 47.4 Å². The topological polar surface area (TPSA) is 33.7 Å². The van der Waals surface area contributed by atoms with Crippen LogP contribution in [0.1, 0.15) is 38.3 Å². The second kappa shape index (κ2) is 13.2. The summed E-state index contributed by atoms with van der Waals surface area (Å²) in [6.45, 7) is 11.8. The van der Waals surface area contributed by atoms with Crippen LogP contribution in [0.3, 0.4) is 0 Å². The Hall–Kier alpha value is -1.34. The molecule has 0 amide bonds. The molecule has 0 saturated carbocycles. The minimum atomic E-state index is -0.384. The molecule has 30 heavy (non-hydrogen) atoms. The Morgan fingerprint density at radius 2 is 1.83 bits per heavy atom. The lowest BCUT2D eigenvalue weighted by atomic mass is 10.2. The van der Waals surface area contributed by atoms with Crippen molar-refractivity contribution in [2.45, 2.75) is 40.3 Å². The van der Waals surface area contributed by atoms with Crippen molar-refractivity contribution >= 4 is 27.5 Å². The molecule has 1 N–H and O–H groups in total. The van der Waals surface area contributed by atoms with Crippen molar-refractivity contribution in [1.29, 1.82) is 0 Å². The van der Waals surface area contributed by atoms with Gasteiger partial charge in [-0.2, -0.15) is 0 Å². The molecule has 0 radical (unpaired) electrons. The van der Waals surface area contributed by atoms with E-state index in [9.17, 15) is 4.39 Å². The molecule has 0 heterocycles. The van der Waals surface area contributed by atoms with Crippen molar-refractivity contribution in [2.24, 2.45) is 0 Å². The Labute approximate surface area is 192 Å². The fraction of sp³-hybridized carbons (Fsp3) is 0.478. The summed E-state index contributed by atoms with van der Waals surface area (Å²) in [7, 11) is 0. The number of hydrogen-bond acceptors (Lipinski definition) is 4. The first-order valence-corrected chi connectivity index (χ1v) is 11.6. The Morgan fingerprint density at radius 1 is 1.10 bits per heavy atom. The van der Waals surface area contributed by atoms with Crippen LogP contribution < -0.4 is 14.8 Å². The zero-order chi connectivity index (χ0) is 21.9. The number of nitrogens with one attached hydrogen (secondary N) is 1. The standard InChI is InChI=1S/C23H31BrClFN2O2/c1-4-28(5-2)12-8-11-27-15-17-13-22(29-6-3)23(14-19(17)24)30-16-18-20(25)9-7-10-21(18)26/h7,9-10,13-14,27H,4-6,8,11-12,15-16H2,1-3H3. The lowest BCUT2D eigenvalue weighted by Gasteiger charge is -2.18. The van der Waals surface area contributed by atoms with Crippen LogP contribution in [-0.4, -0.2) is 37.7 Å². The van der Waals surface area contributed by atoms with Gasteiger partial charge in [0.25, 0.3) is 0 Å². The van der Waals surface area contributed by atoms with Gasteiger partial charge >= 0.3 is 0 Å². The first-order valence-electron chi connectivity index (χ1n) is 10.4. The molecule has 0 bridgehead atoms. The zero-order valence-electron chi connectivity index (χ0n) is 17.9. The second-order valence-electron chi connectivity index (χ2n) is 6.87. The third-order valence-corrected chi connectivity index (χ3v) is 5.98. The van der Waals surface area contributed by atoms with Gasteiger partial charge in [0.2, 0.25) is 0 Å². The van der Waals surface area contributed by atoms with E-state index < -0.39 is 0 Å². The number of benzene rings is 2. The fourth-order valence-electron chi connectivity index (χ4n) is 3.10. The molecule has 0 spiro atoms. The predicted octanol–water partition coefficient (Wildman–Crippen LogP) is 6.04.